The summed E-state index contributed by atoms with van der Waals surface area (Å²) in [7, 11) is 1.86. The first-order valence-corrected chi connectivity index (χ1v) is 6.15. The minimum Gasteiger partial charge on any atom is -0.360 e. The van der Waals surface area contributed by atoms with Crippen molar-refractivity contribution in [3.8, 4) is 0 Å². The molecule has 0 aromatic carbocycles. The summed E-state index contributed by atoms with van der Waals surface area (Å²) in [5, 5.41) is 14.0. The Hall–Kier alpha value is -2.15. The number of hydrogen-bond donors (Lipinski definition) is 2. The number of aromatic nitrogens is 3. The van der Waals surface area contributed by atoms with Crippen molar-refractivity contribution in [3.05, 3.63) is 28.8 Å². The predicted molar refractivity (Wildman–Crippen MR) is 67.8 cm³/mol. The van der Waals surface area contributed by atoms with Crippen molar-refractivity contribution in [2.24, 2.45) is 7.05 Å². The van der Waals surface area contributed by atoms with Gasteiger partial charge >= 0.3 is 0 Å². The van der Waals surface area contributed by atoms with Crippen molar-refractivity contribution in [2.75, 3.05) is 11.9 Å². The highest BCUT2D eigenvalue weighted by molar-refractivity contribution is 6.03. The van der Waals surface area contributed by atoms with Gasteiger partial charge in [0.05, 0.1) is 0 Å². The topological polar surface area (TPSA) is 85.0 Å². The van der Waals surface area contributed by atoms with E-state index in [9.17, 15) is 4.79 Å². The summed E-state index contributed by atoms with van der Waals surface area (Å²) in [6.45, 7) is 3.36. The van der Waals surface area contributed by atoms with E-state index in [1.807, 2.05) is 7.05 Å². The van der Waals surface area contributed by atoms with Crippen LogP contribution in [0.5, 0.6) is 0 Å². The standard InChI is InChI=1S/C12H15N5O2/c1-7-5-10(16-19-7)14-12(18)11-8-6-13-4-3-9(8)17(2)15-11/h5,13H,3-4,6H2,1-2H3,(H,14,16,18). The summed E-state index contributed by atoms with van der Waals surface area (Å²) in [6.07, 6.45) is 0.884. The van der Waals surface area contributed by atoms with Crippen LogP contribution in [0.25, 0.3) is 0 Å². The highest BCUT2D eigenvalue weighted by atomic mass is 16.5. The highest BCUT2D eigenvalue weighted by Crippen LogP contribution is 2.18. The molecule has 3 heterocycles. The van der Waals surface area contributed by atoms with Gasteiger partial charge in [-0.15, -0.1) is 0 Å². The monoisotopic (exact) mass is 261 g/mol. The first kappa shape index (κ1) is 11.9. The maximum Gasteiger partial charge on any atom is 0.277 e. The minimum absolute atomic E-state index is 0.256. The van der Waals surface area contributed by atoms with E-state index in [4.69, 9.17) is 4.52 Å². The molecular formula is C12H15N5O2. The third kappa shape index (κ3) is 2.12. The molecule has 0 fully saturated rings. The largest absolute Gasteiger partial charge is 0.360 e. The van der Waals surface area contributed by atoms with Gasteiger partial charge in [0.15, 0.2) is 11.5 Å². The van der Waals surface area contributed by atoms with E-state index in [1.165, 1.54) is 0 Å². The molecule has 2 aromatic heterocycles. The van der Waals surface area contributed by atoms with Gasteiger partial charge in [-0.2, -0.15) is 5.10 Å². The van der Waals surface area contributed by atoms with E-state index in [2.05, 4.69) is 20.9 Å². The van der Waals surface area contributed by atoms with Gasteiger partial charge in [-0.1, -0.05) is 5.16 Å². The summed E-state index contributed by atoms with van der Waals surface area (Å²) in [4.78, 5) is 12.2. The molecule has 19 heavy (non-hydrogen) atoms. The van der Waals surface area contributed by atoms with E-state index in [0.717, 1.165) is 24.2 Å². The molecule has 1 aliphatic heterocycles. The Morgan fingerprint density at radius 3 is 3.16 bits per heavy atom. The summed E-state index contributed by atoms with van der Waals surface area (Å²) >= 11 is 0. The van der Waals surface area contributed by atoms with Gasteiger partial charge in [-0.3, -0.25) is 9.48 Å². The quantitative estimate of drug-likeness (QED) is 0.827. The van der Waals surface area contributed by atoms with E-state index >= 15 is 0 Å². The Balaban J connectivity index is 1.87. The predicted octanol–water partition coefficient (Wildman–Crippen LogP) is 0.615. The number of fused-ring (bicyclic) bond motifs is 1. The van der Waals surface area contributed by atoms with Crippen LogP contribution in [0.15, 0.2) is 10.6 Å². The smallest absolute Gasteiger partial charge is 0.277 e. The van der Waals surface area contributed by atoms with Crippen LogP contribution in [0, 0.1) is 6.92 Å². The number of nitrogens with one attached hydrogen (secondary N) is 2. The molecule has 7 heteroatoms. The second kappa shape index (κ2) is 4.51. The lowest BCUT2D eigenvalue weighted by Crippen LogP contribution is -2.26. The van der Waals surface area contributed by atoms with Crippen molar-refractivity contribution in [3.63, 3.8) is 0 Å². The minimum atomic E-state index is -0.256. The number of hydrogen-bond acceptors (Lipinski definition) is 5. The van der Waals surface area contributed by atoms with Gasteiger partial charge in [0.25, 0.3) is 5.91 Å². The van der Waals surface area contributed by atoms with Gasteiger partial charge in [-0.25, -0.2) is 0 Å². The van der Waals surface area contributed by atoms with Crippen molar-refractivity contribution >= 4 is 11.7 Å². The lowest BCUT2D eigenvalue weighted by molar-refractivity contribution is 0.101. The van der Waals surface area contributed by atoms with Gasteiger partial charge < -0.3 is 15.2 Å². The maximum atomic E-state index is 12.2. The Kier molecular flexibility index (Phi) is 2.83. The van der Waals surface area contributed by atoms with E-state index in [1.54, 1.807) is 17.7 Å². The molecule has 0 aliphatic carbocycles. The molecular weight excluding hydrogens is 246 g/mol. The van der Waals surface area contributed by atoms with Crippen LogP contribution >= 0.6 is 0 Å². The summed E-state index contributed by atoms with van der Waals surface area (Å²) in [5.41, 5.74) is 2.53. The molecule has 0 saturated carbocycles. The Labute approximate surface area is 110 Å². The highest BCUT2D eigenvalue weighted by Gasteiger charge is 2.24. The average Bonchev–Trinajstić information content (AvgIpc) is 2.95. The van der Waals surface area contributed by atoms with Gasteiger partial charge in [0, 0.05) is 43.9 Å². The van der Waals surface area contributed by atoms with Crippen LogP contribution in [-0.2, 0) is 20.0 Å². The molecule has 2 aromatic rings. The number of carbonyl (C=O) groups excluding carboxylic acids is 1. The zero-order valence-corrected chi connectivity index (χ0v) is 10.9. The Bertz CT molecular complexity index is 628. The van der Waals surface area contributed by atoms with Crippen molar-refractivity contribution < 1.29 is 9.32 Å². The van der Waals surface area contributed by atoms with Gasteiger partial charge in [0.1, 0.15) is 5.76 Å². The fourth-order valence-corrected chi connectivity index (χ4v) is 2.30. The number of rotatable bonds is 2. The number of amides is 1. The van der Waals surface area contributed by atoms with Gasteiger partial charge in [0.2, 0.25) is 0 Å². The van der Waals surface area contributed by atoms with Gasteiger partial charge in [-0.05, 0) is 6.92 Å². The lowest BCUT2D eigenvalue weighted by atomic mass is 10.1. The first-order valence-electron chi connectivity index (χ1n) is 6.15. The van der Waals surface area contributed by atoms with E-state index in [-0.39, 0.29) is 5.91 Å². The third-order valence-electron chi connectivity index (χ3n) is 3.20. The number of aryl methyl sites for hydroxylation is 2. The van der Waals surface area contributed by atoms with Crippen LogP contribution < -0.4 is 10.6 Å². The summed E-state index contributed by atoms with van der Waals surface area (Å²) in [5.74, 6) is 0.805. The van der Waals surface area contributed by atoms with Crippen LogP contribution in [0.4, 0.5) is 5.82 Å². The van der Waals surface area contributed by atoms with Crippen molar-refractivity contribution in [2.45, 2.75) is 19.9 Å². The van der Waals surface area contributed by atoms with Crippen LogP contribution in [-0.4, -0.2) is 27.4 Å². The van der Waals surface area contributed by atoms with Crippen LogP contribution in [0.2, 0.25) is 0 Å². The molecule has 2 N–H and O–H groups in total. The molecule has 0 unspecified atom stereocenters. The number of nitrogens with zero attached hydrogens (tertiary/aromatic N) is 3. The fraction of sp³-hybridized carbons (Fsp3) is 0.417. The normalized spacial score (nSPS) is 14.2. The molecule has 3 rings (SSSR count). The second-order valence-electron chi connectivity index (χ2n) is 4.60. The molecule has 7 nitrogen and oxygen atoms in total. The van der Waals surface area contributed by atoms with Crippen molar-refractivity contribution in [1.29, 1.82) is 0 Å². The number of anilines is 1. The molecule has 0 atom stereocenters. The van der Waals surface area contributed by atoms with Crippen molar-refractivity contribution in [1.82, 2.24) is 20.3 Å². The summed E-state index contributed by atoms with van der Waals surface area (Å²) < 4.78 is 6.69. The molecule has 1 amide bonds. The second-order valence-corrected chi connectivity index (χ2v) is 4.60. The Morgan fingerprint density at radius 1 is 1.58 bits per heavy atom. The molecule has 100 valence electrons. The lowest BCUT2D eigenvalue weighted by Gasteiger charge is -2.13. The maximum absolute atomic E-state index is 12.2. The van der Waals surface area contributed by atoms with Crippen LogP contribution in [0.3, 0.4) is 0 Å². The Morgan fingerprint density at radius 2 is 2.42 bits per heavy atom. The zero-order chi connectivity index (χ0) is 13.4. The molecule has 0 bridgehead atoms. The van der Waals surface area contributed by atoms with E-state index < -0.39 is 0 Å². The third-order valence-corrected chi connectivity index (χ3v) is 3.20. The molecule has 1 aliphatic rings. The molecule has 0 saturated heterocycles. The SMILES string of the molecule is Cc1cc(NC(=O)c2nn(C)c3c2CNCC3)no1. The first-order chi connectivity index (χ1) is 9.15. The molecule has 0 radical (unpaired) electrons. The summed E-state index contributed by atoms with van der Waals surface area (Å²) in [6, 6.07) is 1.67. The average molecular weight is 261 g/mol. The number of carbonyl (C=O) groups is 1. The molecule has 0 spiro atoms. The van der Waals surface area contributed by atoms with E-state index in [0.29, 0.717) is 23.8 Å². The fourth-order valence-electron chi connectivity index (χ4n) is 2.30. The van der Waals surface area contributed by atoms with Crippen LogP contribution in [0.1, 0.15) is 27.5 Å². The zero-order valence-electron chi connectivity index (χ0n) is 10.9.